The van der Waals surface area contributed by atoms with Gasteiger partial charge in [-0.05, 0) is 44.4 Å². The molecule has 0 unspecified atom stereocenters. The molecule has 4 nitrogen and oxygen atoms in total. The number of aliphatic hydroxyl groups is 1. The van der Waals surface area contributed by atoms with Crippen molar-refractivity contribution < 1.29 is 14.6 Å². The van der Waals surface area contributed by atoms with Crippen LogP contribution < -0.4 is 0 Å². The first-order valence-corrected chi connectivity index (χ1v) is 7.17. The maximum absolute atomic E-state index is 12.3. The lowest BCUT2D eigenvalue weighted by atomic mass is 9.86. The predicted molar refractivity (Wildman–Crippen MR) is 69.1 cm³/mol. The fraction of sp³-hybridized carbons (Fsp3) is 0.929. The van der Waals surface area contributed by atoms with Gasteiger partial charge < -0.3 is 14.7 Å². The molecule has 1 N–H and O–H groups in total. The highest BCUT2D eigenvalue weighted by Crippen LogP contribution is 2.26. The van der Waals surface area contributed by atoms with E-state index in [1.165, 1.54) is 0 Å². The van der Waals surface area contributed by atoms with E-state index in [9.17, 15) is 9.90 Å². The van der Waals surface area contributed by atoms with Crippen LogP contribution in [0.5, 0.6) is 0 Å². The number of carbonyl (C=O) groups excluding carboxylic acids is 1. The Balaban J connectivity index is 1.77. The van der Waals surface area contributed by atoms with Crippen LogP contribution in [0.3, 0.4) is 0 Å². The number of rotatable bonds is 3. The summed E-state index contributed by atoms with van der Waals surface area (Å²) in [7, 11) is 1.92. The Hall–Kier alpha value is -0.610. The van der Waals surface area contributed by atoms with Gasteiger partial charge in [0, 0.05) is 32.7 Å². The third-order valence-corrected chi connectivity index (χ3v) is 4.30. The van der Waals surface area contributed by atoms with E-state index in [1.807, 2.05) is 11.9 Å². The molecular formula is C14H25NO3. The fourth-order valence-electron chi connectivity index (χ4n) is 3.04. The molecule has 0 atom stereocenters. The molecule has 0 bridgehead atoms. The van der Waals surface area contributed by atoms with Gasteiger partial charge in [-0.15, -0.1) is 0 Å². The summed E-state index contributed by atoms with van der Waals surface area (Å²) in [4.78, 5) is 14.2. The van der Waals surface area contributed by atoms with E-state index >= 15 is 0 Å². The van der Waals surface area contributed by atoms with E-state index in [-0.39, 0.29) is 17.9 Å². The molecule has 0 aromatic heterocycles. The summed E-state index contributed by atoms with van der Waals surface area (Å²) in [6.07, 6.45) is 5.20. The lowest BCUT2D eigenvalue weighted by molar-refractivity contribution is -0.136. The molecule has 0 aromatic rings. The van der Waals surface area contributed by atoms with Crippen LogP contribution in [0.15, 0.2) is 0 Å². The molecule has 2 fully saturated rings. The summed E-state index contributed by atoms with van der Waals surface area (Å²) in [6, 6.07) is 0. The standard InChI is InChI=1S/C14H25NO3/c1-15(10-11-6-8-18-9-7-11)14(17)12-2-4-13(16)5-3-12/h11-13,16H,2-10H2,1H3. The molecule has 104 valence electrons. The third-order valence-electron chi connectivity index (χ3n) is 4.30. The minimum atomic E-state index is -0.185. The summed E-state index contributed by atoms with van der Waals surface area (Å²) in [5.41, 5.74) is 0. The maximum atomic E-state index is 12.3. The normalized spacial score (nSPS) is 30.1. The number of carbonyl (C=O) groups is 1. The van der Waals surface area contributed by atoms with Crippen molar-refractivity contribution in [1.29, 1.82) is 0 Å². The van der Waals surface area contributed by atoms with Gasteiger partial charge in [0.2, 0.25) is 5.91 Å². The third kappa shape index (κ3) is 3.69. The van der Waals surface area contributed by atoms with Gasteiger partial charge in [-0.1, -0.05) is 0 Å². The maximum Gasteiger partial charge on any atom is 0.225 e. The van der Waals surface area contributed by atoms with Gasteiger partial charge in [-0.25, -0.2) is 0 Å². The SMILES string of the molecule is CN(CC1CCOCC1)C(=O)C1CCC(O)CC1. The van der Waals surface area contributed by atoms with E-state index in [2.05, 4.69) is 0 Å². The molecule has 0 spiro atoms. The topological polar surface area (TPSA) is 49.8 Å². The molecule has 1 aliphatic heterocycles. The zero-order valence-corrected chi connectivity index (χ0v) is 11.3. The number of ether oxygens (including phenoxy) is 1. The van der Waals surface area contributed by atoms with Gasteiger partial charge in [0.1, 0.15) is 0 Å². The zero-order valence-electron chi connectivity index (χ0n) is 11.3. The summed E-state index contributed by atoms with van der Waals surface area (Å²) in [6.45, 7) is 2.53. The second kappa shape index (κ2) is 6.53. The molecule has 1 amide bonds. The Bertz CT molecular complexity index is 268. The average Bonchev–Trinajstić information content (AvgIpc) is 2.40. The van der Waals surface area contributed by atoms with Gasteiger partial charge in [0.15, 0.2) is 0 Å². The van der Waals surface area contributed by atoms with Crippen LogP contribution in [0.25, 0.3) is 0 Å². The average molecular weight is 255 g/mol. The largest absolute Gasteiger partial charge is 0.393 e. The minimum absolute atomic E-state index is 0.137. The van der Waals surface area contributed by atoms with Crippen LogP contribution in [0.2, 0.25) is 0 Å². The second-order valence-corrected chi connectivity index (χ2v) is 5.78. The molecule has 0 radical (unpaired) electrons. The van der Waals surface area contributed by atoms with Crippen LogP contribution in [0, 0.1) is 11.8 Å². The molecule has 1 saturated carbocycles. The van der Waals surface area contributed by atoms with Crippen molar-refractivity contribution in [3.8, 4) is 0 Å². The van der Waals surface area contributed by atoms with Crippen LogP contribution in [0.4, 0.5) is 0 Å². The number of amides is 1. The first kappa shape index (κ1) is 13.8. The molecule has 2 rings (SSSR count). The Morgan fingerprint density at radius 1 is 1.17 bits per heavy atom. The molecular weight excluding hydrogens is 230 g/mol. The highest BCUT2D eigenvalue weighted by atomic mass is 16.5. The van der Waals surface area contributed by atoms with Gasteiger partial charge in [-0.2, -0.15) is 0 Å². The van der Waals surface area contributed by atoms with E-state index in [1.54, 1.807) is 0 Å². The van der Waals surface area contributed by atoms with E-state index in [0.29, 0.717) is 5.92 Å². The molecule has 2 aliphatic rings. The predicted octanol–water partition coefficient (Wildman–Crippen LogP) is 1.42. The highest BCUT2D eigenvalue weighted by Gasteiger charge is 2.28. The van der Waals surface area contributed by atoms with Gasteiger partial charge in [0.25, 0.3) is 0 Å². The van der Waals surface area contributed by atoms with Gasteiger partial charge in [-0.3, -0.25) is 4.79 Å². The van der Waals surface area contributed by atoms with Crippen molar-refractivity contribution in [1.82, 2.24) is 4.90 Å². The van der Waals surface area contributed by atoms with E-state index in [0.717, 1.165) is 58.3 Å². The van der Waals surface area contributed by atoms with Crippen LogP contribution in [-0.2, 0) is 9.53 Å². The first-order valence-electron chi connectivity index (χ1n) is 7.17. The quantitative estimate of drug-likeness (QED) is 0.830. The fourth-order valence-corrected chi connectivity index (χ4v) is 3.04. The molecule has 18 heavy (non-hydrogen) atoms. The monoisotopic (exact) mass is 255 g/mol. The summed E-state index contributed by atoms with van der Waals surface area (Å²) in [5, 5.41) is 9.47. The van der Waals surface area contributed by atoms with Crippen molar-refractivity contribution in [3.63, 3.8) is 0 Å². The summed E-state index contributed by atoms with van der Waals surface area (Å²) < 4.78 is 5.34. The van der Waals surface area contributed by atoms with E-state index < -0.39 is 0 Å². The Kier molecular flexibility index (Phi) is 5.01. The van der Waals surface area contributed by atoms with Crippen LogP contribution >= 0.6 is 0 Å². The Morgan fingerprint density at radius 2 is 1.78 bits per heavy atom. The molecule has 1 aliphatic carbocycles. The van der Waals surface area contributed by atoms with E-state index in [4.69, 9.17) is 4.74 Å². The summed E-state index contributed by atoms with van der Waals surface area (Å²) in [5.74, 6) is 1.01. The zero-order chi connectivity index (χ0) is 13.0. The molecule has 4 heteroatoms. The Labute approximate surface area is 109 Å². The van der Waals surface area contributed by atoms with Crippen molar-refractivity contribution in [2.45, 2.75) is 44.6 Å². The van der Waals surface area contributed by atoms with Gasteiger partial charge >= 0.3 is 0 Å². The minimum Gasteiger partial charge on any atom is -0.393 e. The lowest BCUT2D eigenvalue weighted by Crippen LogP contribution is -2.39. The molecule has 1 saturated heterocycles. The van der Waals surface area contributed by atoms with Crippen molar-refractivity contribution in [3.05, 3.63) is 0 Å². The van der Waals surface area contributed by atoms with Gasteiger partial charge in [0.05, 0.1) is 6.10 Å². The number of aliphatic hydroxyl groups excluding tert-OH is 1. The second-order valence-electron chi connectivity index (χ2n) is 5.78. The number of hydrogen-bond acceptors (Lipinski definition) is 3. The van der Waals surface area contributed by atoms with Crippen molar-refractivity contribution >= 4 is 5.91 Å². The van der Waals surface area contributed by atoms with Crippen molar-refractivity contribution in [2.75, 3.05) is 26.8 Å². The smallest absolute Gasteiger partial charge is 0.225 e. The van der Waals surface area contributed by atoms with Crippen LogP contribution in [0.1, 0.15) is 38.5 Å². The molecule has 0 aromatic carbocycles. The Morgan fingerprint density at radius 3 is 2.39 bits per heavy atom. The lowest BCUT2D eigenvalue weighted by Gasteiger charge is -2.31. The number of hydrogen-bond donors (Lipinski definition) is 1. The first-order chi connectivity index (χ1) is 8.66. The van der Waals surface area contributed by atoms with Crippen LogP contribution in [-0.4, -0.2) is 48.8 Å². The molecule has 1 heterocycles. The number of nitrogens with zero attached hydrogens (tertiary/aromatic N) is 1. The van der Waals surface area contributed by atoms with Crippen molar-refractivity contribution in [2.24, 2.45) is 11.8 Å². The summed E-state index contributed by atoms with van der Waals surface area (Å²) >= 11 is 0. The highest BCUT2D eigenvalue weighted by molar-refractivity contribution is 5.78.